The summed E-state index contributed by atoms with van der Waals surface area (Å²) < 4.78 is 0. The highest BCUT2D eigenvalue weighted by Gasteiger charge is 2.14. The highest BCUT2D eigenvalue weighted by molar-refractivity contribution is 5.95. The number of carbonyl (C=O) groups excluding carboxylic acids is 2. The number of imide groups is 1. The van der Waals surface area contributed by atoms with Gasteiger partial charge in [-0.2, -0.15) is 0 Å². The molecule has 0 aromatic carbocycles. The molecule has 96 valence electrons. The van der Waals surface area contributed by atoms with Crippen molar-refractivity contribution in [2.24, 2.45) is 0 Å². The summed E-state index contributed by atoms with van der Waals surface area (Å²) in [7, 11) is 0. The zero-order valence-electron chi connectivity index (χ0n) is 10.00. The maximum Gasteiger partial charge on any atom is 0.321 e. The maximum absolute atomic E-state index is 11.5. The summed E-state index contributed by atoms with van der Waals surface area (Å²) in [5.41, 5.74) is 0. The Morgan fingerprint density at radius 1 is 1.35 bits per heavy atom. The third-order valence-corrected chi connectivity index (χ3v) is 2.46. The molecular formula is C11H20N4O2. The summed E-state index contributed by atoms with van der Waals surface area (Å²) >= 11 is 0. The fourth-order valence-corrected chi connectivity index (χ4v) is 1.64. The average Bonchev–Trinajstić information content (AvgIpc) is 2.54. The Morgan fingerprint density at radius 3 is 2.94 bits per heavy atom. The molecule has 3 N–H and O–H groups in total. The van der Waals surface area contributed by atoms with Gasteiger partial charge in [0.25, 0.3) is 0 Å². The van der Waals surface area contributed by atoms with Crippen molar-refractivity contribution in [2.75, 3.05) is 39.3 Å². The third-order valence-electron chi connectivity index (χ3n) is 2.46. The largest absolute Gasteiger partial charge is 0.334 e. The molecule has 1 heterocycles. The van der Waals surface area contributed by atoms with Crippen molar-refractivity contribution >= 4 is 11.9 Å². The van der Waals surface area contributed by atoms with Gasteiger partial charge >= 0.3 is 6.03 Å². The van der Waals surface area contributed by atoms with Crippen molar-refractivity contribution in [3.8, 4) is 0 Å². The first-order chi connectivity index (χ1) is 8.22. The van der Waals surface area contributed by atoms with E-state index in [-0.39, 0.29) is 12.5 Å². The van der Waals surface area contributed by atoms with Crippen molar-refractivity contribution < 1.29 is 9.59 Å². The van der Waals surface area contributed by atoms with Crippen LogP contribution < -0.4 is 16.0 Å². The smallest absolute Gasteiger partial charge is 0.321 e. The van der Waals surface area contributed by atoms with Gasteiger partial charge in [0.05, 0.1) is 6.54 Å². The summed E-state index contributed by atoms with van der Waals surface area (Å²) in [5, 5.41) is 8.03. The van der Waals surface area contributed by atoms with Crippen LogP contribution in [0.15, 0.2) is 12.7 Å². The van der Waals surface area contributed by atoms with Crippen LogP contribution in [-0.2, 0) is 4.79 Å². The van der Waals surface area contributed by atoms with E-state index in [4.69, 9.17) is 0 Å². The normalized spacial score (nSPS) is 16.9. The van der Waals surface area contributed by atoms with Gasteiger partial charge in [0, 0.05) is 19.6 Å². The van der Waals surface area contributed by atoms with Crippen LogP contribution in [0.4, 0.5) is 4.79 Å². The van der Waals surface area contributed by atoms with E-state index in [1.165, 1.54) is 0 Å². The number of hydrogen-bond acceptors (Lipinski definition) is 4. The topological polar surface area (TPSA) is 73.5 Å². The first-order valence-electron chi connectivity index (χ1n) is 5.84. The van der Waals surface area contributed by atoms with Gasteiger partial charge in [-0.15, -0.1) is 6.58 Å². The van der Waals surface area contributed by atoms with Gasteiger partial charge in [-0.1, -0.05) is 6.08 Å². The second kappa shape index (κ2) is 7.81. The fraction of sp³-hybridized carbons (Fsp3) is 0.636. The summed E-state index contributed by atoms with van der Waals surface area (Å²) in [5.74, 6) is -0.270. The van der Waals surface area contributed by atoms with E-state index in [2.05, 4.69) is 22.5 Å². The molecule has 0 unspecified atom stereocenters. The highest BCUT2D eigenvalue weighted by atomic mass is 16.2. The third kappa shape index (κ3) is 6.03. The molecule has 0 aromatic heterocycles. The monoisotopic (exact) mass is 240 g/mol. The number of amides is 3. The van der Waals surface area contributed by atoms with E-state index < -0.39 is 6.03 Å². The molecular weight excluding hydrogens is 220 g/mol. The zero-order valence-corrected chi connectivity index (χ0v) is 10.00. The molecule has 17 heavy (non-hydrogen) atoms. The number of nitrogens with one attached hydrogen (secondary N) is 3. The minimum Gasteiger partial charge on any atom is -0.334 e. The van der Waals surface area contributed by atoms with Gasteiger partial charge in [0.2, 0.25) is 5.91 Å². The Morgan fingerprint density at radius 2 is 2.18 bits per heavy atom. The zero-order chi connectivity index (χ0) is 12.5. The summed E-state index contributed by atoms with van der Waals surface area (Å²) in [6.07, 6.45) is 2.58. The summed E-state index contributed by atoms with van der Waals surface area (Å²) in [6, 6.07) is -0.470. The molecule has 0 radical (unpaired) electrons. The lowest BCUT2D eigenvalue weighted by Crippen LogP contribution is -2.45. The molecule has 1 aliphatic heterocycles. The van der Waals surface area contributed by atoms with Gasteiger partial charge in [0.15, 0.2) is 0 Å². The second-order valence-electron chi connectivity index (χ2n) is 3.93. The van der Waals surface area contributed by atoms with Gasteiger partial charge in [-0.3, -0.25) is 15.0 Å². The molecule has 6 heteroatoms. The molecule has 0 aromatic rings. The van der Waals surface area contributed by atoms with Crippen LogP contribution in [0.5, 0.6) is 0 Å². The Balaban J connectivity index is 2.22. The number of carbonyl (C=O) groups is 2. The van der Waals surface area contributed by atoms with Crippen molar-refractivity contribution in [1.82, 2.24) is 20.9 Å². The standard InChI is InChI=1S/C11H20N4O2/c1-2-4-13-11(17)14-10(16)9-15-7-3-5-12-6-8-15/h2,12H,1,3-9H2,(H2,13,14,16,17). The molecule has 6 nitrogen and oxygen atoms in total. The van der Waals surface area contributed by atoms with Crippen molar-refractivity contribution in [3.63, 3.8) is 0 Å². The van der Waals surface area contributed by atoms with Crippen LogP contribution in [0.1, 0.15) is 6.42 Å². The molecule has 1 fully saturated rings. The van der Waals surface area contributed by atoms with Gasteiger partial charge in [0.1, 0.15) is 0 Å². The Bertz CT molecular complexity index is 273. The summed E-state index contributed by atoms with van der Waals surface area (Å²) in [4.78, 5) is 24.8. The van der Waals surface area contributed by atoms with E-state index in [0.717, 1.165) is 32.6 Å². The van der Waals surface area contributed by atoms with Crippen LogP contribution in [0.25, 0.3) is 0 Å². The SMILES string of the molecule is C=CCNC(=O)NC(=O)CN1CCCNCC1. The van der Waals surface area contributed by atoms with Crippen LogP contribution in [0, 0.1) is 0 Å². The molecule has 0 bridgehead atoms. The molecule has 0 aliphatic carbocycles. The van der Waals surface area contributed by atoms with E-state index in [9.17, 15) is 9.59 Å². The highest BCUT2D eigenvalue weighted by Crippen LogP contribution is 1.94. The van der Waals surface area contributed by atoms with Gasteiger partial charge < -0.3 is 10.6 Å². The first kappa shape index (κ1) is 13.7. The number of rotatable bonds is 4. The average molecular weight is 240 g/mol. The Labute approximate surface area is 101 Å². The quantitative estimate of drug-likeness (QED) is 0.568. The minimum atomic E-state index is -0.470. The van der Waals surface area contributed by atoms with Crippen LogP contribution in [-0.4, -0.2) is 56.1 Å². The van der Waals surface area contributed by atoms with Crippen LogP contribution in [0.2, 0.25) is 0 Å². The van der Waals surface area contributed by atoms with E-state index in [0.29, 0.717) is 6.54 Å². The van der Waals surface area contributed by atoms with Crippen molar-refractivity contribution in [3.05, 3.63) is 12.7 Å². The Hall–Kier alpha value is -1.40. The predicted octanol–water partition coefficient (Wildman–Crippen LogP) is -0.706. The maximum atomic E-state index is 11.5. The fourth-order valence-electron chi connectivity index (χ4n) is 1.64. The Kier molecular flexibility index (Phi) is 6.27. The minimum absolute atomic E-state index is 0.267. The van der Waals surface area contributed by atoms with Crippen molar-refractivity contribution in [2.45, 2.75) is 6.42 Å². The molecule has 1 saturated heterocycles. The van der Waals surface area contributed by atoms with E-state index in [1.54, 1.807) is 6.08 Å². The number of hydrogen-bond donors (Lipinski definition) is 3. The second-order valence-corrected chi connectivity index (χ2v) is 3.93. The van der Waals surface area contributed by atoms with E-state index in [1.807, 2.05) is 4.90 Å². The molecule has 1 aliphatic rings. The van der Waals surface area contributed by atoms with E-state index >= 15 is 0 Å². The summed E-state index contributed by atoms with van der Waals surface area (Å²) in [6.45, 7) is 7.68. The molecule has 0 spiro atoms. The predicted molar refractivity (Wildman–Crippen MR) is 65.7 cm³/mol. The molecule has 0 saturated carbocycles. The van der Waals surface area contributed by atoms with Crippen LogP contribution in [0.3, 0.4) is 0 Å². The molecule has 1 rings (SSSR count). The molecule has 0 atom stereocenters. The van der Waals surface area contributed by atoms with Gasteiger partial charge in [-0.05, 0) is 19.5 Å². The van der Waals surface area contributed by atoms with Gasteiger partial charge in [-0.25, -0.2) is 4.79 Å². The number of nitrogens with zero attached hydrogens (tertiary/aromatic N) is 1. The lowest BCUT2D eigenvalue weighted by Gasteiger charge is -2.18. The number of urea groups is 1. The van der Waals surface area contributed by atoms with Crippen molar-refractivity contribution in [1.29, 1.82) is 0 Å². The lowest BCUT2D eigenvalue weighted by atomic mass is 10.4. The van der Waals surface area contributed by atoms with Crippen LogP contribution >= 0.6 is 0 Å². The first-order valence-corrected chi connectivity index (χ1v) is 5.84. The molecule has 3 amide bonds. The lowest BCUT2D eigenvalue weighted by molar-refractivity contribution is -0.121.